The number of nitrogen functional groups attached to an aromatic ring is 1. The Morgan fingerprint density at radius 1 is 1.21 bits per heavy atom. The van der Waals surface area contributed by atoms with E-state index in [1.165, 1.54) is 0 Å². The number of hydrogen-bond acceptors (Lipinski definition) is 7. The Morgan fingerprint density at radius 2 is 1.85 bits per heavy atom. The van der Waals surface area contributed by atoms with Crippen molar-refractivity contribution in [3.05, 3.63) is 26.4 Å². The van der Waals surface area contributed by atoms with Crippen molar-refractivity contribution in [2.45, 2.75) is 90.4 Å². The molecular weight excluding hydrogens is 428 g/mol. The van der Waals surface area contributed by atoms with Gasteiger partial charge in [-0.15, -0.1) is 0 Å². The summed E-state index contributed by atoms with van der Waals surface area (Å²) in [5, 5.41) is 24.2. The highest BCUT2D eigenvalue weighted by atomic mass is 16.6. The predicted octanol–water partition coefficient (Wildman–Crippen LogP) is 1.40. The lowest BCUT2D eigenvalue weighted by Gasteiger charge is -2.30. The molecule has 1 fully saturated rings. The second-order valence-corrected chi connectivity index (χ2v) is 9.46. The van der Waals surface area contributed by atoms with Crippen molar-refractivity contribution in [1.29, 1.82) is 5.41 Å². The number of aromatic hydroxyl groups is 1. The molecule has 0 radical (unpaired) electrons. The summed E-state index contributed by atoms with van der Waals surface area (Å²) in [4.78, 5) is 37.7. The quantitative estimate of drug-likeness (QED) is 0.208. The molecule has 1 amide bonds. The number of unbranched alkanes of at least 4 members (excludes halogenated alkanes) is 1. The van der Waals surface area contributed by atoms with Gasteiger partial charge in [0.25, 0.3) is 5.56 Å². The molecule has 1 aliphatic carbocycles. The molecule has 1 saturated carbocycles. The van der Waals surface area contributed by atoms with Crippen LogP contribution in [0.3, 0.4) is 0 Å². The van der Waals surface area contributed by atoms with Crippen LogP contribution in [-0.2, 0) is 11.3 Å². The number of carbonyl (C=O) groups excluding carboxylic acids is 1. The molecule has 2 rings (SSSR count). The fourth-order valence-corrected chi connectivity index (χ4v) is 4.03. The molecule has 0 unspecified atom stereocenters. The van der Waals surface area contributed by atoms with Crippen molar-refractivity contribution in [1.82, 2.24) is 19.8 Å². The number of nitrogens with two attached hydrogens (primary N) is 1. The zero-order valence-corrected chi connectivity index (χ0v) is 20.1. The Morgan fingerprint density at radius 3 is 2.39 bits per heavy atom. The number of alkyl carbamates (subject to hydrolysis) is 1. The van der Waals surface area contributed by atoms with Gasteiger partial charge in [-0.25, -0.2) is 9.59 Å². The predicted molar refractivity (Wildman–Crippen MR) is 126 cm³/mol. The second kappa shape index (κ2) is 11.4. The molecule has 0 aliphatic heterocycles. The Kier molecular flexibility index (Phi) is 9.09. The highest BCUT2D eigenvalue weighted by molar-refractivity contribution is 5.96. The zero-order chi connectivity index (χ0) is 24.8. The topological polar surface area (TPSA) is 164 Å². The average Bonchev–Trinajstić information content (AvgIpc) is 2.70. The average molecular weight is 467 g/mol. The van der Waals surface area contributed by atoms with Crippen molar-refractivity contribution >= 4 is 11.9 Å². The van der Waals surface area contributed by atoms with Crippen LogP contribution in [0.1, 0.15) is 77.8 Å². The number of amides is 1. The lowest BCUT2D eigenvalue weighted by molar-refractivity contribution is 0.0527. The minimum absolute atomic E-state index is 0.198. The summed E-state index contributed by atoms with van der Waals surface area (Å²) in [7, 11) is 0. The Hall–Kier alpha value is -2.82. The number of nitrogens with zero attached hydrogens (tertiary/aromatic N) is 2. The molecule has 0 spiro atoms. The van der Waals surface area contributed by atoms with Crippen LogP contribution in [-0.4, -0.2) is 50.9 Å². The van der Waals surface area contributed by atoms with E-state index in [1.807, 2.05) is 6.92 Å². The van der Waals surface area contributed by atoms with E-state index in [0.717, 1.165) is 28.4 Å². The molecule has 0 atom stereocenters. The van der Waals surface area contributed by atoms with E-state index < -0.39 is 34.7 Å². The number of carbonyl (C=O) groups is 1. The highest BCUT2D eigenvalue weighted by Gasteiger charge is 2.28. The molecule has 33 heavy (non-hydrogen) atoms. The molecule has 0 aromatic carbocycles. The minimum Gasteiger partial charge on any atom is -0.494 e. The summed E-state index contributed by atoms with van der Waals surface area (Å²) in [5.74, 6) is -1.08. The number of nitrogens with one attached hydrogen (secondary N) is 3. The van der Waals surface area contributed by atoms with E-state index in [1.54, 1.807) is 20.8 Å². The van der Waals surface area contributed by atoms with Gasteiger partial charge in [0.1, 0.15) is 17.0 Å². The first kappa shape index (κ1) is 26.4. The smallest absolute Gasteiger partial charge is 0.407 e. The summed E-state index contributed by atoms with van der Waals surface area (Å²) in [6.45, 7) is 8.63. The van der Waals surface area contributed by atoms with E-state index >= 15 is 0 Å². The molecule has 6 N–H and O–H groups in total. The third kappa shape index (κ3) is 7.08. The number of hydrogen-bond donors (Lipinski definition) is 5. The van der Waals surface area contributed by atoms with Crippen LogP contribution in [0.15, 0.2) is 9.59 Å². The van der Waals surface area contributed by atoms with E-state index in [9.17, 15) is 19.5 Å². The van der Waals surface area contributed by atoms with E-state index in [0.29, 0.717) is 32.4 Å². The highest BCUT2D eigenvalue weighted by Crippen LogP contribution is 2.27. The van der Waals surface area contributed by atoms with Crippen molar-refractivity contribution in [2.24, 2.45) is 5.73 Å². The van der Waals surface area contributed by atoms with Crippen LogP contribution in [0.4, 0.5) is 4.79 Å². The van der Waals surface area contributed by atoms with Crippen molar-refractivity contribution in [3.8, 4) is 5.88 Å². The Balaban J connectivity index is 2.02. The van der Waals surface area contributed by atoms with Gasteiger partial charge in [-0.1, -0.05) is 13.3 Å². The fraction of sp³-hybridized carbons (Fsp3) is 0.727. The van der Waals surface area contributed by atoms with Gasteiger partial charge in [-0.3, -0.25) is 19.3 Å². The number of amidine groups is 1. The first-order valence-corrected chi connectivity index (χ1v) is 11.6. The standard InChI is InChI=1S/C22H38N6O5/c1-5-6-13-27-18(29)16(17(23)24)19(30)28(21(27)32)15-9-7-14(8-10-15)25-11-12-26-20(31)33-22(2,3)4/h14-15,25,29H,5-13H2,1-4H3,(H3,23,24)(H,26,31). The maximum absolute atomic E-state index is 13.0. The van der Waals surface area contributed by atoms with Crippen LogP contribution >= 0.6 is 0 Å². The molecule has 11 heteroatoms. The lowest BCUT2D eigenvalue weighted by atomic mass is 9.91. The van der Waals surface area contributed by atoms with Gasteiger partial charge < -0.3 is 26.2 Å². The monoisotopic (exact) mass is 466 g/mol. The summed E-state index contributed by atoms with van der Waals surface area (Å²) >= 11 is 0. The Bertz CT molecular complexity index is 954. The van der Waals surface area contributed by atoms with Crippen LogP contribution in [0.2, 0.25) is 0 Å². The van der Waals surface area contributed by atoms with Crippen LogP contribution in [0.25, 0.3) is 0 Å². The molecule has 1 heterocycles. The van der Waals surface area contributed by atoms with Gasteiger partial charge in [0, 0.05) is 31.7 Å². The minimum atomic E-state index is -0.712. The second-order valence-electron chi connectivity index (χ2n) is 9.46. The molecule has 186 valence electrons. The first-order valence-electron chi connectivity index (χ1n) is 11.6. The summed E-state index contributed by atoms with van der Waals surface area (Å²) in [5.41, 5.74) is 3.42. The number of rotatable bonds is 9. The van der Waals surface area contributed by atoms with Crippen LogP contribution < -0.4 is 27.6 Å². The Labute approximate surface area is 193 Å². The SMILES string of the molecule is CCCCn1c(O)c(C(=N)N)c(=O)n(C2CCC(NCCNC(=O)OC(C)(C)C)CC2)c1=O. The third-order valence-corrected chi connectivity index (χ3v) is 5.64. The molecule has 11 nitrogen and oxygen atoms in total. The van der Waals surface area contributed by atoms with E-state index in [-0.39, 0.29) is 24.2 Å². The van der Waals surface area contributed by atoms with Crippen molar-refractivity contribution in [2.75, 3.05) is 13.1 Å². The molecule has 0 bridgehead atoms. The summed E-state index contributed by atoms with van der Waals surface area (Å²) in [6, 6.07) is -0.126. The lowest BCUT2D eigenvalue weighted by Crippen LogP contribution is -2.47. The molecule has 1 aromatic rings. The van der Waals surface area contributed by atoms with E-state index in [4.69, 9.17) is 15.9 Å². The van der Waals surface area contributed by atoms with Crippen LogP contribution in [0, 0.1) is 5.41 Å². The molecule has 1 aliphatic rings. The summed E-state index contributed by atoms with van der Waals surface area (Å²) < 4.78 is 7.51. The van der Waals surface area contributed by atoms with Crippen LogP contribution in [0.5, 0.6) is 5.88 Å². The number of ether oxygens (including phenoxy) is 1. The van der Waals surface area contributed by atoms with Gasteiger partial charge in [0.2, 0.25) is 5.88 Å². The maximum atomic E-state index is 13.0. The van der Waals surface area contributed by atoms with Crippen molar-refractivity contribution in [3.63, 3.8) is 0 Å². The van der Waals surface area contributed by atoms with Gasteiger partial charge in [0.05, 0.1) is 0 Å². The first-order chi connectivity index (χ1) is 15.5. The third-order valence-electron chi connectivity index (χ3n) is 5.64. The fourth-order valence-electron chi connectivity index (χ4n) is 4.03. The van der Waals surface area contributed by atoms with Gasteiger partial charge in [0.15, 0.2) is 0 Å². The summed E-state index contributed by atoms with van der Waals surface area (Å²) in [6.07, 6.45) is 3.68. The van der Waals surface area contributed by atoms with Crippen molar-refractivity contribution < 1.29 is 14.6 Å². The molecule has 0 saturated heterocycles. The molecule has 1 aromatic heterocycles. The largest absolute Gasteiger partial charge is 0.494 e. The van der Waals surface area contributed by atoms with E-state index in [2.05, 4.69) is 10.6 Å². The van der Waals surface area contributed by atoms with Gasteiger partial charge >= 0.3 is 11.8 Å². The van der Waals surface area contributed by atoms with Gasteiger partial charge in [-0.05, 0) is 52.9 Å². The number of aromatic nitrogens is 2. The molecular formula is C22H38N6O5. The maximum Gasteiger partial charge on any atom is 0.407 e. The zero-order valence-electron chi connectivity index (χ0n) is 20.1. The normalized spacial score (nSPS) is 18.7. The van der Waals surface area contributed by atoms with Gasteiger partial charge in [-0.2, -0.15) is 0 Å².